The van der Waals surface area contributed by atoms with E-state index in [1.54, 1.807) is 12.1 Å². The third-order valence-electron chi connectivity index (χ3n) is 3.68. The second-order valence-electron chi connectivity index (χ2n) is 5.41. The molecule has 1 fully saturated rings. The van der Waals surface area contributed by atoms with Crippen LogP contribution in [0.15, 0.2) is 34.9 Å². The Kier molecular flexibility index (Phi) is 4.20. The Morgan fingerprint density at radius 2 is 2.19 bits per heavy atom. The van der Waals surface area contributed by atoms with Gasteiger partial charge in [0.15, 0.2) is 5.76 Å². The highest BCUT2D eigenvalue weighted by molar-refractivity contribution is 5.47. The molecule has 0 spiro atoms. The number of para-hydroxylation sites is 1. The monoisotopic (exact) mass is 289 g/mol. The molecule has 5 heteroatoms. The van der Waals surface area contributed by atoms with Gasteiger partial charge in [-0.05, 0) is 31.9 Å². The standard InChI is InChI=1S/C16H20FN3O/c1-2-20(16-6-4-3-5-15(16)17)11-14-9-13(19-21-14)10-18-12-7-8-12/h3-6,9,12,18H,2,7-8,10-11H2,1H3. The first-order valence-electron chi connectivity index (χ1n) is 7.43. The first-order chi connectivity index (χ1) is 10.3. The van der Waals surface area contributed by atoms with Crippen molar-refractivity contribution in [2.24, 2.45) is 0 Å². The molecule has 0 aliphatic heterocycles. The molecular weight excluding hydrogens is 269 g/mol. The van der Waals surface area contributed by atoms with E-state index in [1.165, 1.54) is 18.9 Å². The summed E-state index contributed by atoms with van der Waals surface area (Å²) in [5, 5.41) is 7.46. The molecule has 1 aromatic carbocycles. The minimum Gasteiger partial charge on any atom is -0.362 e. The van der Waals surface area contributed by atoms with E-state index in [9.17, 15) is 4.39 Å². The van der Waals surface area contributed by atoms with Crippen LogP contribution in [0.25, 0.3) is 0 Å². The zero-order valence-electron chi connectivity index (χ0n) is 12.2. The lowest BCUT2D eigenvalue weighted by Gasteiger charge is -2.21. The van der Waals surface area contributed by atoms with Gasteiger partial charge in [-0.25, -0.2) is 4.39 Å². The van der Waals surface area contributed by atoms with Crippen molar-refractivity contribution in [1.82, 2.24) is 10.5 Å². The van der Waals surface area contributed by atoms with Crippen LogP contribution in [0.3, 0.4) is 0 Å². The van der Waals surface area contributed by atoms with Crippen molar-refractivity contribution < 1.29 is 8.91 Å². The van der Waals surface area contributed by atoms with Gasteiger partial charge in [0, 0.05) is 25.2 Å². The molecule has 1 N–H and O–H groups in total. The van der Waals surface area contributed by atoms with Crippen LogP contribution in [0.5, 0.6) is 0 Å². The van der Waals surface area contributed by atoms with Crippen LogP contribution >= 0.6 is 0 Å². The Hall–Kier alpha value is -1.88. The molecule has 0 atom stereocenters. The van der Waals surface area contributed by atoms with Gasteiger partial charge in [-0.15, -0.1) is 0 Å². The van der Waals surface area contributed by atoms with Crippen molar-refractivity contribution in [3.63, 3.8) is 0 Å². The van der Waals surface area contributed by atoms with Gasteiger partial charge in [-0.3, -0.25) is 0 Å². The normalized spacial score (nSPS) is 14.4. The van der Waals surface area contributed by atoms with Crippen LogP contribution in [-0.2, 0) is 13.1 Å². The molecule has 4 nitrogen and oxygen atoms in total. The lowest BCUT2D eigenvalue weighted by atomic mass is 10.2. The molecular formula is C16H20FN3O. The summed E-state index contributed by atoms with van der Waals surface area (Å²) in [6.45, 7) is 3.96. The Morgan fingerprint density at radius 3 is 2.90 bits per heavy atom. The van der Waals surface area contributed by atoms with Crippen molar-refractivity contribution >= 4 is 5.69 Å². The van der Waals surface area contributed by atoms with Gasteiger partial charge in [-0.2, -0.15) is 0 Å². The van der Waals surface area contributed by atoms with E-state index in [-0.39, 0.29) is 5.82 Å². The summed E-state index contributed by atoms with van der Waals surface area (Å²) in [5.41, 5.74) is 1.50. The summed E-state index contributed by atoms with van der Waals surface area (Å²) >= 11 is 0. The number of hydrogen-bond donors (Lipinski definition) is 1. The van der Waals surface area contributed by atoms with E-state index in [1.807, 2.05) is 24.0 Å². The van der Waals surface area contributed by atoms with Gasteiger partial charge in [0.2, 0.25) is 0 Å². The van der Waals surface area contributed by atoms with Crippen LogP contribution in [-0.4, -0.2) is 17.7 Å². The number of nitrogens with one attached hydrogen (secondary N) is 1. The number of nitrogens with zero attached hydrogens (tertiary/aromatic N) is 2. The predicted molar refractivity (Wildman–Crippen MR) is 79.5 cm³/mol. The fourth-order valence-corrected chi connectivity index (χ4v) is 2.31. The lowest BCUT2D eigenvalue weighted by Crippen LogP contribution is -2.22. The zero-order valence-corrected chi connectivity index (χ0v) is 12.2. The maximum absolute atomic E-state index is 13.9. The van der Waals surface area contributed by atoms with E-state index in [2.05, 4.69) is 10.5 Å². The fraction of sp³-hybridized carbons (Fsp3) is 0.438. The Labute approximate surface area is 123 Å². The van der Waals surface area contributed by atoms with Crippen LogP contribution in [0.2, 0.25) is 0 Å². The molecule has 1 heterocycles. The molecule has 0 amide bonds. The number of halogens is 1. The Morgan fingerprint density at radius 1 is 1.38 bits per heavy atom. The SMILES string of the molecule is CCN(Cc1cc(CNC2CC2)no1)c1ccccc1F. The molecule has 0 radical (unpaired) electrons. The summed E-state index contributed by atoms with van der Waals surface area (Å²) < 4.78 is 19.2. The molecule has 21 heavy (non-hydrogen) atoms. The van der Waals surface area contributed by atoms with Crippen molar-refractivity contribution in [3.05, 3.63) is 47.6 Å². The second kappa shape index (κ2) is 6.26. The van der Waals surface area contributed by atoms with E-state index in [4.69, 9.17) is 4.52 Å². The summed E-state index contributed by atoms with van der Waals surface area (Å²) in [4.78, 5) is 1.94. The van der Waals surface area contributed by atoms with Crippen LogP contribution in [0.1, 0.15) is 31.2 Å². The average molecular weight is 289 g/mol. The molecule has 3 rings (SSSR count). The Balaban J connectivity index is 1.64. The third-order valence-corrected chi connectivity index (χ3v) is 3.68. The van der Waals surface area contributed by atoms with Crippen molar-refractivity contribution in [2.75, 3.05) is 11.4 Å². The highest BCUT2D eigenvalue weighted by Crippen LogP contribution is 2.22. The quantitative estimate of drug-likeness (QED) is 0.850. The number of rotatable bonds is 7. The summed E-state index contributed by atoms with van der Waals surface area (Å²) in [6, 6.07) is 9.39. The number of anilines is 1. The average Bonchev–Trinajstić information content (AvgIpc) is 3.22. The van der Waals surface area contributed by atoms with Crippen molar-refractivity contribution in [1.29, 1.82) is 0 Å². The van der Waals surface area contributed by atoms with Crippen molar-refractivity contribution in [3.8, 4) is 0 Å². The highest BCUT2D eigenvalue weighted by Gasteiger charge is 2.21. The fourth-order valence-electron chi connectivity index (χ4n) is 2.31. The first-order valence-corrected chi connectivity index (χ1v) is 7.43. The summed E-state index contributed by atoms with van der Waals surface area (Å²) in [5.74, 6) is 0.544. The van der Waals surface area contributed by atoms with Crippen LogP contribution in [0, 0.1) is 5.82 Å². The first kappa shape index (κ1) is 14.1. The lowest BCUT2D eigenvalue weighted by molar-refractivity contribution is 0.373. The van der Waals surface area contributed by atoms with E-state index in [0.717, 1.165) is 18.0 Å². The number of aromatic nitrogens is 1. The van der Waals surface area contributed by atoms with Gasteiger partial charge in [0.1, 0.15) is 5.82 Å². The smallest absolute Gasteiger partial charge is 0.156 e. The van der Waals surface area contributed by atoms with E-state index in [0.29, 0.717) is 24.8 Å². The molecule has 2 aromatic rings. The molecule has 1 aliphatic carbocycles. The van der Waals surface area contributed by atoms with Crippen molar-refractivity contribution in [2.45, 2.75) is 38.9 Å². The molecule has 0 saturated heterocycles. The highest BCUT2D eigenvalue weighted by atomic mass is 19.1. The molecule has 1 aliphatic rings. The van der Waals surface area contributed by atoms with Crippen LogP contribution < -0.4 is 10.2 Å². The predicted octanol–water partition coefficient (Wildman–Crippen LogP) is 3.09. The molecule has 0 unspecified atom stereocenters. The second-order valence-corrected chi connectivity index (χ2v) is 5.41. The molecule has 1 saturated carbocycles. The maximum Gasteiger partial charge on any atom is 0.156 e. The number of hydrogen-bond acceptors (Lipinski definition) is 4. The number of benzene rings is 1. The topological polar surface area (TPSA) is 41.3 Å². The maximum atomic E-state index is 13.9. The molecule has 0 bridgehead atoms. The van der Waals surface area contributed by atoms with Gasteiger partial charge in [-0.1, -0.05) is 17.3 Å². The van der Waals surface area contributed by atoms with Crippen LogP contribution in [0.4, 0.5) is 10.1 Å². The third kappa shape index (κ3) is 3.61. The van der Waals surface area contributed by atoms with Gasteiger partial charge < -0.3 is 14.7 Å². The minimum atomic E-state index is -0.213. The Bertz CT molecular complexity index is 595. The van der Waals surface area contributed by atoms with E-state index < -0.39 is 0 Å². The molecule has 112 valence electrons. The van der Waals surface area contributed by atoms with Gasteiger partial charge in [0.25, 0.3) is 0 Å². The van der Waals surface area contributed by atoms with E-state index >= 15 is 0 Å². The molecule has 1 aromatic heterocycles. The zero-order chi connectivity index (χ0) is 14.7. The largest absolute Gasteiger partial charge is 0.362 e. The minimum absolute atomic E-state index is 0.213. The van der Waals surface area contributed by atoms with Gasteiger partial charge >= 0.3 is 0 Å². The summed E-state index contributed by atoms with van der Waals surface area (Å²) in [7, 11) is 0. The summed E-state index contributed by atoms with van der Waals surface area (Å²) in [6.07, 6.45) is 2.50. The van der Waals surface area contributed by atoms with Gasteiger partial charge in [0.05, 0.1) is 17.9 Å².